The first-order valence-electron chi connectivity index (χ1n) is 9.73. The predicted octanol–water partition coefficient (Wildman–Crippen LogP) is 4.34. The van der Waals surface area contributed by atoms with Gasteiger partial charge >= 0.3 is 6.03 Å². The number of ether oxygens (including phenoxy) is 2. The van der Waals surface area contributed by atoms with Crippen molar-refractivity contribution in [3.8, 4) is 11.5 Å². The van der Waals surface area contributed by atoms with Crippen molar-refractivity contribution in [1.82, 2.24) is 10.2 Å². The first-order valence-corrected chi connectivity index (χ1v) is 9.73. The summed E-state index contributed by atoms with van der Waals surface area (Å²) >= 11 is 0. The van der Waals surface area contributed by atoms with E-state index < -0.39 is 6.03 Å². The maximum atomic E-state index is 12.1. The van der Waals surface area contributed by atoms with Crippen LogP contribution in [-0.4, -0.2) is 30.5 Å². The van der Waals surface area contributed by atoms with E-state index in [0.717, 1.165) is 16.0 Å². The molecule has 3 amide bonds. The summed E-state index contributed by atoms with van der Waals surface area (Å²) in [5, 5.41) is 4.91. The fraction of sp³-hybridized carbons (Fsp3) is 0.167. The van der Waals surface area contributed by atoms with Crippen molar-refractivity contribution in [3.05, 3.63) is 77.5 Å². The first kappa shape index (κ1) is 19.5. The average molecular weight is 402 g/mol. The van der Waals surface area contributed by atoms with E-state index in [1.165, 1.54) is 17.8 Å². The standard InChI is InChI=1S/C24H22N2O4/c1-3-29-22-14-16(13-20-23(27)26(2)24(28)25-20)9-11-21(22)30-15-17-8-10-18-6-4-5-7-19(18)12-17/h4-14H,3,15H2,1-2H3,(H,25,28)/b20-13+. The Bertz CT molecular complexity index is 1150. The number of carbonyl (C=O) groups is 2. The van der Waals surface area contributed by atoms with Crippen molar-refractivity contribution < 1.29 is 19.1 Å². The normalized spacial score (nSPS) is 15.0. The van der Waals surface area contributed by atoms with Gasteiger partial charge in [0.2, 0.25) is 0 Å². The molecule has 0 aliphatic carbocycles. The number of hydrogen-bond acceptors (Lipinski definition) is 4. The molecule has 1 aliphatic heterocycles. The first-order chi connectivity index (χ1) is 14.5. The number of imide groups is 1. The molecule has 3 aromatic rings. The molecular formula is C24H22N2O4. The molecular weight excluding hydrogens is 380 g/mol. The molecule has 152 valence electrons. The average Bonchev–Trinajstić information content (AvgIpc) is 3.00. The zero-order valence-corrected chi connectivity index (χ0v) is 16.8. The molecule has 6 nitrogen and oxygen atoms in total. The van der Waals surface area contributed by atoms with Crippen LogP contribution in [-0.2, 0) is 11.4 Å². The monoisotopic (exact) mass is 402 g/mol. The van der Waals surface area contributed by atoms with E-state index in [-0.39, 0.29) is 11.6 Å². The van der Waals surface area contributed by atoms with E-state index in [0.29, 0.717) is 24.7 Å². The highest BCUT2D eigenvalue weighted by Crippen LogP contribution is 2.30. The van der Waals surface area contributed by atoms with E-state index in [9.17, 15) is 9.59 Å². The van der Waals surface area contributed by atoms with Crippen LogP contribution in [0.5, 0.6) is 11.5 Å². The molecule has 1 aliphatic rings. The third-order valence-corrected chi connectivity index (χ3v) is 4.87. The summed E-state index contributed by atoms with van der Waals surface area (Å²) in [4.78, 5) is 24.7. The van der Waals surface area contributed by atoms with Crippen LogP contribution in [0.2, 0.25) is 0 Å². The number of nitrogens with zero attached hydrogens (tertiary/aromatic N) is 1. The minimum Gasteiger partial charge on any atom is -0.490 e. The van der Waals surface area contributed by atoms with Gasteiger partial charge in [-0.25, -0.2) is 4.79 Å². The lowest BCUT2D eigenvalue weighted by Crippen LogP contribution is -2.25. The van der Waals surface area contributed by atoms with Crippen molar-refractivity contribution in [3.63, 3.8) is 0 Å². The van der Waals surface area contributed by atoms with E-state index in [1.807, 2.05) is 37.3 Å². The Hall–Kier alpha value is -3.80. The lowest BCUT2D eigenvalue weighted by atomic mass is 10.1. The number of hydrogen-bond donors (Lipinski definition) is 1. The fourth-order valence-electron chi connectivity index (χ4n) is 3.28. The zero-order chi connectivity index (χ0) is 21.1. The summed E-state index contributed by atoms with van der Waals surface area (Å²) in [6.07, 6.45) is 1.62. The van der Waals surface area contributed by atoms with Crippen LogP contribution < -0.4 is 14.8 Å². The molecule has 0 atom stereocenters. The third kappa shape index (κ3) is 3.98. The summed E-state index contributed by atoms with van der Waals surface area (Å²) in [6, 6.07) is 19.4. The molecule has 3 aromatic carbocycles. The van der Waals surface area contributed by atoms with Gasteiger partial charge in [0.05, 0.1) is 6.61 Å². The minimum absolute atomic E-state index is 0.231. The molecule has 0 unspecified atom stereocenters. The van der Waals surface area contributed by atoms with Gasteiger partial charge in [0.15, 0.2) is 11.5 Å². The third-order valence-electron chi connectivity index (χ3n) is 4.87. The molecule has 0 spiro atoms. The van der Waals surface area contributed by atoms with Gasteiger partial charge < -0.3 is 14.8 Å². The molecule has 1 N–H and O–H groups in total. The Balaban J connectivity index is 1.54. The van der Waals surface area contributed by atoms with Gasteiger partial charge in [-0.05, 0) is 53.1 Å². The van der Waals surface area contributed by atoms with E-state index in [2.05, 4.69) is 29.6 Å². The Morgan fingerprint density at radius 3 is 2.47 bits per heavy atom. The maximum Gasteiger partial charge on any atom is 0.328 e. The Morgan fingerprint density at radius 2 is 1.73 bits per heavy atom. The summed E-state index contributed by atoms with van der Waals surface area (Å²) in [5.74, 6) is 0.832. The number of carbonyl (C=O) groups excluding carboxylic acids is 2. The van der Waals surface area contributed by atoms with E-state index >= 15 is 0 Å². The highest BCUT2D eigenvalue weighted by atomic mass is 16.5. The van der Waals surface area contributed by atoms with Crippen LogP contribution in [0.4, 0.5) is 4.79 Å². The van der Waals surface area contributed by atoms with Gasteiger partial charge in [-0.3, -0.25) is 9.69 Å². The minimum atomic E-state index is -0.438. The van der Waals surface area contributed by atoms with E-state index in [4.69, 9.17) is 9.47 Å². The van der Waals surface area contributed by atoms with Crippen molar-refractivity contribution in [2.24, 2.45) is 0 Å². The molecule has 4 rings (SSSR count). The smallest absolute Gasteiger partial charge is 0.328 e. The van der Waals surface area contributed by atoms with Gasteiger partial charge in [-0.2, -0.15) is 0 Å². The quantitative estimate of drug-likeness (QED) is 0.492. The maximum absolute atomic E-state index is 12.1. The van der Waals surface area contributed by atoms with Crippen LogP contribution in [0.25, 0.3) is 16.8 Å². The van der Waals surface area contributed by atoms with Gasteiger partial charge in [0.25, 0.3) is 5.91 Å². The van der Waals surface area contributed by atoms with Gasteiger partial charge in [0.1, 0.15) is 12.3 Å². The van der Waals surface area contributed by atoms with Crippen LogP contribution >= 0.6 is 0 Å². The Kier molecular flexibility index (Phi) is 5.39. The molecule has 0 aromatic heterocycles. The number of likely N-dealkylation sites (N-methyl/N-ethyl adjacent to an activating group) is 1. The van der Waals surface area contributed by atoms with Crippen LogP contribution in [0.15, 0.2) is 66.4 Å². The summed E-state index contributed by atoms with van der Waals surface area (Å²) < 4.78 is 11.7. The highest BCUT2D eigenvalue weighted by Gasteiger charge is 2.29. The highest BCUT2D eigenvalue weighted by molar-refractivity contribution is 6.13. The SMILES string of the molecule is CCOc1cc(/C=C2/NC(=O)N(C)C2=O)ccc1OCc1ccc2ccccc2c1. The molecule has 6 heteroatoms. The summed E-state index contributed by atoms with van der Waals surface area (Å²) in [6.45, 7) is 2.78. The van der Waals surface area contributed by atoms with Gasteiger partial charge in [-0.15, -0.1) is 0 Å². The second-order valence-corrected chi connectivity index (χ2v) is 6.96. The number of nitrogens with one attached hydrogen (secondary N) is 1. The molecule has 0 saturated carbocycles. The lowest BCUT2D eigenvalue weighted by Gasteiger charge is -2.13. The molecule has 0 radical (unpaired) electrons. The van der Waals surface area contributed by atoms with Gasteiger partial charge in [-0.1, -0.05) is 42.5 Å². The Morgan fingerprint density at radius 1 is 0.933 bits per heavy atom. The molecule has 0 bridgehead atoms. The number of benzene rings is 3. The van der Waals surface area contributed by atoms with Crippen molar-refractivity contribution >= 4 is 28.8 Å². The van der Waals surface area contributed by atoms with Crippen molar-refractivity contribution in [2.75, 3.05) is 13.7 Å². The molecule has 1 fully saturated rings. The van der Waals surface area contributed by atoms with E-state index in [1.54, 1.807) is 12.1 Å². The number of amides is 3. The summed E-state index contributed by atoms with van der Waals surface area (Å²) in [7, 11) is 1.44. The van der Waals surface area contributed by atoms with Crippen LogP contribution in [0, 0.1) is 0 Å². The van der Waals surface area contributed by atoms with Crippen LogP contribution in [0.1, 0.15) is 18.1 Å². The Labute approximate surface area is 174 Å². The number of urea groups is 1. The van der Waals surface area contributed by atoms with Crippen molar-refractivity contribution in [2.45, 2.75) is 13.5 Å². The predicted molar refractivity (Wildman–Crippen MR) is 115 cm³/mol. The largest absolute Gasteiger partial charge is 0.490 e. The molecule has 1 saturated heterocycles. The summed E-state index contributed by atoms with van der Waals surface area (Å²) in [5.41, 5.74) is 2.02. The zero-order valence-electron chi connectivity index (χ0n) is 16.8. The van der Waals surface area contributed by atoms with Gasteiger partial charge in [0, 0.05) is 7.05 Å². The molecule has 30 heavy (non-hydrogen) atoms. The van der Waals surface area contributed by atoms with Crippen LogP contribution in [0.3, 0.4) is 0 Å². The number of rotatable bonds is 6. The second-order valence-electron chi connectivity index (χ2n) is 6.96. The topological polar surface area (TPSA) is 67.9 Å². The number of fused-ring (bicyclic) bond motifs is 1. The second kappa shape index (κ2) is 8.29. The van der Waals surface area contributed by atoms with Crippen molar-refractivity contribution in [1.29, 1.82) is 0 Å². The fourth-order valence-corrected chi connectivity index (χ4v) is 3.28. The molecule has 1 heterocycles. The lowest BCUT2D eigenvalue weighted by molar-refractivity contribution is -0.121.